The second-order valence-electron chi connectivity index (χ2n) is 6.36. The van der Waals surface area contributed by atoms with Crippen molar-refractivity contribution in [1.29, 1.82) is 0 Å². The lowest BCUT2D eigenvalue weighted by molar-refractivity contribution is 0.0956. The van der Waals surface area contributed by atoms with Crippen molar-refractivity contribution in [1.82, 2.24) is 15.4 Å². The van der Waals surface area contributed by atoms with Gasteiger partial charge in [0.15, 0.2) is 0 Å². The number of rotatable bonds is 4. The van der Waals surface area contributed by atoms with Gasteiger partial charge in [0.25, 0.3) is 5.91 Å². The van der Waals surface area contributed by atoms with Crippen molar-refractivity contribution in [2.75, 3.05) is 0 Å². The fourth-order valence-corrected chi connectivity index (χ4v) is 3.73. The van der Waals surface area contributed by atoms with E-state index in [0.717, 1.165) is 27.0 Å². The lowest BCUT2D eigenvalue weighted by Gasteiger charge is -2.08. The van der Waals surface area contributed by atoms with Crippen molar-refractivity contribution in [2.24, 2.45) is 5.10 Å². The molecule has 3 heterocycles. The Balaban J connectivity index is 1.71. The molecule has 0 spiro atoms. The smallest absolute Gasteiger partial charge is 0.267 e. The Bertz CT molecular complexity index is 1180. The van der Waals surface area contributed by atoms with Crippen molar-refractivity contribution >= 4 is 33.9 Å². The average Bonchev–Trinajstić information content (AvgIpc) is 3.18. The maximum Gasteiger partial charge on any atom is 0.272 e. The van der Waals surface area contributed by atoms with Crippen LogP contribution >= 0.6 is 11.3 Å². The van der Waals surface area contributed by atoms with Gasteiger partial charge in [-0.3, -0.25) is 9.78 Å². The number of carbonyl (C=O) groups excluding carboxylic acids is 1. The van der Waals surface area contributed by atoms with Crippen LogP contribution in [0.4, 0.5) is 0 Å². The molecule has 0 aliphatic rings. The summed E-state index contributed by atoms with van der Waals surface area (Å²) in [5.41, 5.74) is 6.34. The van der Waals surface area contributed by atoms with E-state index in [1.54, 1.807) is 23.7 Å². The number of hydrazone groups is 1. The van der Waals surface area contributed by atoms with Crippen molar-refractivity contribution in [2.45, 2.75) is 13.8 Å². The molecular weight excluding hydrogens is 368 g/mol. The summed E-state index contributed by atoms with van der Waals surface area (Å²) in [6.07, 6.45) is 3.41. The Kier molecular flexibility index (Phi) is 4.95. The minimum absolute atomic E-state index is 0.267. The second kappa shape index (κ2) is 7.70. The van der Waals surface area contributed by atoms with Gasteiger partial charge in [-0.2, -0.15) is 5.10 Å². The number of amides is 1. The highest BCUT2D eigenvalue weighted by Crippen LogP contribution is 2.29. The third-order valence-electron chi connectivity index (χ3n) is 4.36. The van der Waals surface area contributed by atoms with E-state index in [9.17, 15) is 4.79 Å². The molecule has 3 aromatic heterocycles. The van der Waals surface area contributed by atoms with Gasteiger partial charge in [-0.25, -0.2) is 10.4 Å². The summed E-state index contributed by atoms with van der Waals surface area (Å²) in [6, 6.07) is 17.3. The number of benzene rings is 1. The van der Waals surface area contributed by atoms with Crippen LogP contribution in [0.2, 0.25) is 0 Å². The molecule has 0 radical (unpaired) electrons. The molecule has 1 aromatic carbocycles. The number of para-hydroxylation sites is 1. The molecule has 4 aromatic rings. The zero-order chi connectivity index (χ0) is 19.5. The minimum Gasteiger partial charge on any atom is -0.267 e. The van der Waals surface area contributed by atoms with Crippen LogP contribution in [-0.2, 0) is 0 Å². The minimum atomic E-state index is -0.267. The SMILES string of the molecule is C/C(=N/NC(=O)c1cc(-c2ccc(C)s2)nc2ccccc12)c1cccnc1. The van der Waals surface area contributed by atoms with Crippen LogP contribution in [0.25, 0.3) is 21.5 Å². The molecule has 0 saturated carbocycles. The Hall–Kier alpha value is -3.38. The number of fused-ring (bicyclic) bond motifs is 1. The third kappa shape index (κ3) is 3.68. The van der Waals surface area contributed by atoms with E-state index in [0.29, 0.717) is 11.3 Å². The molecule has 0 unspecified atom stereocenters. The van der Waals surface area contributed by atoms with Crippen LogP contribution in [0.1, 0.15) is 27.7 Å². The number of hydrogen-bond donors (Lipinski definition) is 1. The largest absolute Gasteiger partial charge is 0.272 e. The highest BCUT2D eigenvalue weighted by atomic mass is 32.1. The maximum atomic E-state index is 12.9. The number of hydrogen-bond acceptors (Lipinski definition) is 5. The Morgan fingerprint density at radius 1 is 1.11 bits per heavy atom. The van der Waals surface area contributed by atoms with Gasteiger partial charge >= 0.3 is 0 Å². The second-order valence-corrected chi connectivity index (χ2v) is 7.65. The van der Waals surface area contributed by atoms with Crippen molar-refractivity contribution in [3.63, 3.8) is 0 Å². The summed E-state index contributed by atoms with van der Waals surface area (Å²) >= 11 is 1.66. The Labute approximate surface area is 166 Å². The van der Waals surface area contributed by atoms with Crippen LogP contribution in [0.3, 0.4) is 0 Å². The first-order valence-electron chi connectivity index (χ1n) is 8.83. The molecule has 138 valence electrons. The van der Waals surface area contributed by atoms with E-state index in [4.69, 9.17) is 4.98 Å². The van der Waals surface area contributed by atoms with E-state index in [1.165, 1.54) is 4.88 Å². The fourth-order valence-electron chi connectivity index (χ4n) is 2.90. The number of aromatic nitrogens is 2. The summed E-state index contributed by atoms with van der Waals surface area (Å²) < 4.78 is 0. The zero-order valence-corrected chi connectivity index (χ0v) is 16.3. The molecule has 0 fully saturated rings. The van der Waals surface area contributed by atoms with Crippen LogP contribution in [0.15, 0.2) is 72.1 Å². The third-order valence-corrected chi connectivity index (χ3v) is 5.38. The topological polar surface area (TPSA) is 67.2 Å². The van der Waals surface area contributed by atoms with Gasteiger partial charge in [-0.05, 0) is 44.2 Å². The highest BCUT2D eigenvalue weighted by molar-refractivity contribution is 7.15. The van der Waals surface area contributed by atoms with Crippen LogP contribution in [-0.4, -0.2) is 21.6 Å². The van der Waals surface area contributed by atoms with Crippen molar-refractivity contribution in [3.05, 3.63) is 83.0 Å². The molecule has 0 bridgehead atoms. The first-order chi connectivity index (χ1) is 13.6. The van der Waals surface area contributed by atoms with Gasteiger partial charge in [-0.1, -0.05) is 24.3 Å². The monoisotopic (exact) mass is 386 g/mol. The molecule has 28 heavy (non-hydrogen) atoms. The number of thiophene rings is 1. The number of nitrogens with one attached hydrogen (secondary N) is 1. The highest BCUT2D eigenvalue weighted by Gasteiger charge is 2.14. The van der Waals surface area contributed by atoms with Gasteiger partial charge in [0.1, 0.15) is 0 Å². The normalized spacial score (nSPS) is 11.6. The molecule has 6 heteroatoms. The quantitative estimate of drug-likeness (QED) is 0.404. The number of carbonyl (C=O) groups is 1. The standard InChI is InChI=1S/C22H18N4OS/c1-14-9-10-21(28-14)20-12-18(17-7-3-4-8-19(17)24-20)22(27)26-25-15(2)16-6-5-11-23-13-16/h3-13H,1-2H3,(H,26,27)/b25-15-. The number of nitrogens with zero attached hydrogens (tertiary/aromatic N) is 3. The fraction of sp³-hybridized carbons (Fsp3) is 0.0909. The molecule has 0 atom stereocenters. The zero-order valence-electron chi connectivity index (χ0n) is 15.5. The van der Waals surface area contributed by atoms with Crippen LogP contribution in [0, 0.1) is 6.92 Å². The van der Waals surface area contributed by atoms with Gasteiger partial charge in [-0.15, -0.1) is 11.3 Å². The molecule has 1 N–H and O–H groups in total. The summed E-state index contributed by atoms with van der Waals surface area (Å²) in [5, 5.41) is 5.04. The number of pyridine rings is 2. The Morgan fingerprint density at radius 3 is 2.71 bits per heavy atom. The van der Waals surface area contributed by atoms with Crippen molar-refractivity contribution < 1.29 is 4.79 Å². The molecule has 5 nitrogen and oxygen atoms in total. The first-order valence-corrected chi connectivity index (χ1v) is 9.65. The predicted octanol–water partition coefficient (Wildman–Crippen LogP) is 4.82. The summed E-state index contributed by atoms with van der Waals surface area (Å²) in [4.78, 5) is 24.0. The molecule has 4 rings (SSSR count). The van der Waals surface area contributed by atoms with Gasteiger partial charge in [0.05, 0.1) is 27.4 Å². The summed E-state index contributed by atoms with van der Waals surface area (Å²) in [7, 11) is 0. The lowest BCUT2D eigenvalue weighted by Crippen LogP contribution is -2.20. The molecule has 0 aliphatic carbocycles. The Morgan fingerprint density at radius 2 is 1.96 bits per heavy atom. The van der Waals surface area contributed by atoms with Gasteiger partial charge < -0.3 is 0 Å². The van der Waals surface area contributed by atoms with Crippen LogP contribution < -0.4 is 5.43 Å². The van der Waals surface area contributed by atoms with E-state index in [-0.39, 0.29) is 5.91 Å². The van der Waals surface area contributed by atoms with Crippen molar-refractivity contribution in [3.8, 4) is 10.6 Å². The summed E-state index contributed by atoms with van der Waals surface area (Å²) in [6.45, 7) is 3.89. The first kappa shape index (κ1) is 18.0. The molecule has 0 aliphatic heterocycles. The van der Waals surface area contributed by atoms with E-state index < -0.39 is 0 Å². The predicted molar refractivity (Wildman–Crippen MR) is 114 cm³/mol. The van der Waals surface area contributed by atoms with Gasteiger partial charge in [0.2, 0.25) is 0 Å². The van der Waals surface area contributed by atoms with E-state index in [1.807, 2.05) is 55.5 Å². The summed E-state index contributed by atoms with van der Waals surface area (Å²) in [5.74, 6) is -0.267. The molecule has 1 amide bonds. The molecule has 0 saturated heterocycles. The van der Waals surface area contributed by atoms with Gasteiger partial charge in [0, 0.05) is 28.2 Å². The number of aryl methyl sites for hydroxylation is 1. The van der Waals surface area contributed by atoms with E-state index in [2.05, 4.69) is 28.5 Å². The van der Waals surface area contributed by atoms with E-state index >= 15 is 0 Å². The lowest BCUT2D eigenvalue weighted by atomic mass is 10.1. The van der Waals surface area contributed by atoms with Crippen LogP contribution in [0.5, 0.6) is 0 Å². The average molecular weight is 386 g/mol. The maximum absolute atomic E-state index is 12.9. The molecular formula is C22H18N4OS.